The summed E-state index contributed by atoms with van der Waals surface area (Å²) in [6, 6.07) is 8.08. The Kier molecular flexibility index (Phi) is 6.70. The molecule has 1 aromatic carbocycles. The van der Waals surface area contributed by atoms with Gasteiger partial charge in [0.2, 0.25) is 0 Å². The molecule has 0 atom stereocenters. The fraction of sp³-hybridized carbons (Fsp3) is 0.500. The van der Waals surface area contributed by atoms with Gasteiger partial charge in [-0.1, -0.05) is 0 Å². The Hall–Kier alpha value is -1.37. The Morgan fingerprint density at radius 2 is 1.70 bits per heavy atom. The van der Waals surface area contributed by atoms with Crippen molar-refractivity contribution >= 4 is 28.7 Å². The molecule has 20 heavy (non-hydrogen) atoms. The monoisotopic (exact) mass is 297 g/mol. The van der Waals surface area contributed by atoms with Crippen LogP contribution in [0.4, 0.5) is 11.4 Å². The van der Waals surface area contributed by atoms with E-state index in [9.17, 15) is 0 Å². The Labute approximate surface area is 126 Å². The number of hydrogen-bond donors (Lipinski definition) is 1. The lowest BCUT2D eigenvalue weighted by molar-refractivity contribution is -0.107. The van der Waals surface area contributed by atoms with Gasteiger partial charge in [-0.25, -0.2) is 0 Å². The quantitative estimate of drug-likeness (QED) is 0.639. The van der Waals surface area contributed by atoms with Crippen LogP contribution in [0.5, 0.6) is 0 Å². The number of nitrogens with zero attached hydrogens (tertiary/aromatic N) is 2. The van der Waals surface area contributed by atoms with Crippen LogP contribution >= 0.6 is 12.2 Å². The summed E-state index contributed by atoms with van der Waals surface area (Å²) in [5.41, 5.74) is 2.10. The Balaban J connectivity index is 2.56. The maximum atomic E-state index is 5.35. The van der Waals surface area contributed by atoms with Gasteiger partial charge in [-0.05, 0) is 36.5 Å². The van der Waals surface area contributed by atoms with Crippen LogP contribution in [0.1, 0.15) is 0 Å². The largest absolute Gasteiger partial charge is 0.378 e. The molecule has 0 aliphatic heterocycles. The lowest BCUT2D eigenvalue weighted by Gasteiger charge is -2.25. The summed E-state index contributed by atoms with van der Waals surface area (Å²) in [5, 5.41) is 3.82. The van der Waals surface area contributed by atoms with E-state index in [1.54, 1.807) is 14.2 Å². The fourth-order valence-corrected chi connectivity index (χ4v) is 1.81. The van der Waals surface area contributed by atoms with Crippen LogP contribution in [0.15, 0.2) is 24.3 Å². The number of nitrogens with one attached hydrogen (secondary N) is 1. The molecule has 1 N–H and O–H groups in total. The van der Waals surface area contributed by atoms with E-state index >= 15 is 0 Å². The highest BCUT2D eigenvalue weighted by molar-refractivity contribution is 7.80. The van der Waals surface area contributed by atoms with Gasteiger partial charge >= 0.3 is 0 Å². The zero-order valence-corrected chi connectivity index (χ0v) is 13.5. The predicted molar refractivity (Wildman–Crippen MR) is 87.4 cm³/mol. The van der Waals surface area contributed by atoms with E-state index in [4.69, 9.17) is 21.7 Å². The van der Waals surface area contributed by atoms with Crippen molar-refractivity contribution in [1.29, 1.82) is 0 Å². The van der Waals surface area contributed by atoms with Gasteiger partial charge in [-0.15, -0.1) is 0 Å². The zero-order chi connectivity index (χ0) is 15.1. The molecule has 0 bridgehead atoms. The normalized spacial score (nSPS) is 10.5. The highest BCUT2D eigenvalue weighted by Gasteiger charge is 2.12. The molecule has 112 valence electrons. The molecular weight excluding hydrogens is 274 g/mol. The summed E-state index contributed by atoms with van der Waals surface area (Å²) in [6.45, 7) is 0.564. The first kappa shape index (κ1) is 16.7. The van der Waals surface area contributed by atoms with Gasteiger partial charge in [0, 0.05) is 46.7 Å². The van der Waals surface area contributed by atoms with Gasteiger partial charge in [-0.2, -0.15) is 0 Å². The minimum absolute atomic E-state index is 0.295. The minimum Gasteiger partial charge on any atom is -0.378 e. The Morgan fingerprint density at radius 3 is 2.15 bits per heavy atom. The van der Waals surface area contributed by atoms with Gasteiger partial charge in [0.25, 0.3) is 0 Å². The molecule has 1 aromatic rings. The van der Waals surface area contributed by atoms with Crippen molar-refractivity contribution in [2.24, 2.45) is 0 Å². The molecule has 0 unspecified atom stereocenters. The van der Waals surface area contributed by atoms with E-state index < -0.39 is 0 Å². The molecule has 5 nitrogen and oxygen atoms in total. The van der Waals surface area contributed by atoms with Crippen molar-refractivity contribution in [1.82, 2.24) is 4.90 Å². The van der Waals surface area contributed by atoms with Crippen molar-refractivity contribution in [3.05, 3.63) is 24.3 Å². The van der Waals surface area contributed by atoms with E-state index in [0.717, 1.165) is 11.4 Å². The maximum absolute atomic E-state index is 5.35. The molecule has 0 heterocycles. The van der Waals surface area contributed by atoms with Crippen LogP contribution in [0.2, 0.25) is 0 Å². The van der Waals surface area contributed by atoms with E-state index in [1.165, 1.54) is 0 Å². The Morgan fingerprint density at radius 1 is 1.15 bits per heavy atom. The highest BCUT2D eigenvalue weighted by Crippen LogP contribution is 2.16. The van der Waals surface area contributed by atoms with Crippen LogP contribution in [-0.2, 0) is 9.47 Å². The second-order valence-corrected chi connectivity index (χ2v) is 5.04. The minimum atomic E-state index is -0.295. The predicted octanol–water partition coefficient (Wildman–Crippen LogP) is 2.00. The van der Waals surface area contributed by atoms with Gasteiger partial charge in [0.15, 0.2) is 11.4 Å². The summed E-state index contributed by atoms with van der Waals surface area (Å²) in [6.07, 6.45) is -0.295. The molecule has 1 rings (SSSR count). The molecule has 0 amide bonds. The summed E-state index contributed by atoms with van der Waals surface area (Å²) >= 11 is 5.35. The van der Waals surface area contributed by atoms with Crippen molar-refractivity contribution in [2.45, 2.75) is 6.29 Å². The molecule has 0 saturated heterocycles. The third-order valence-electron chi connectivity index (χ3n) is 2.93. The highest BCUT2D eigenvalue weighted by atomic mass is 32.1. The van der Waals surface area contributed by atoms with Crippen molar-refractivity contribution in [3.8, 4) is 0 Å². The number of hydrogen-bond acceptors (Lipinski definition) is 4. The van der Waals surface area contributed by atoms with Gasteiger partial charge in [0.1, 0.15) is 0 Å². The summed E-state index contributed by atoms with van der Waals surface area (Å²) < 4.78 is 10.3. The van der Waals surface area contributed by atoms with Crippen molar-refractivity contribution < 1.29 is 9.47 Å². The van der Waals surface area contributed by atoms with Gasteiger partial charge in [-0.3, -0.25) is 0 Å². The topological polar surface area (TPSA) is 37.0 Å². The van der Waals surface area contributed by atoms with E-state index in [1.807, 2.05) is 50.3 Å². The second kappa shape index (κ2) is 8.04. The van der Waals surface area contributed by atoms with E-state index in [-0.39, 0.29) is 6.29 Å². The number of ether oxygens (including phenoxy) is 2. The summed E-state index contributed by atoms with van der Waals surface area (Å²) in [4.78, 5) is 3.93. The lowest BCUT2D eigenvalue weighted by Crippen LogP contribution is -2.38. The van der Waals surface area contributed by atoms with Gasteiger partial charge < -0.3 is 24.6 Å². The third-order valence-corrected chi connectivity index (χ3v) is 3.34. The molecule has 0 fully saturated rings. The van der Waals surface area contributed by atoms with Crippen LogP contribution in [0.3, 0.4) is 0 Å². The number of benzene rings is 1. The zero-order valence-electron chi connectivity index (χ0n) is 12.7. The first-order valence-corrected chi connectivity index (χ1v) is 6.73. The molecule has 0 radical (unpaired) electrons. The Bertz CT molecular complexity index is 419. The smallest absolute Gasteiger partial charge is 0.174 e. The van der Waals surface area contributed by atoms with Crippen LogP contribution in [0.25, 0.3) is 0 Å². The molecule has 0 aromatic heterocycles. The average Bonchev–Trinajstić information content (AvgIpc) is 2.44. The van der Waals surface area contributed by atoms with Crippen molar-refractivity contribution in [2.75, 3.05) is 52.1 Å². The second-order valence-electron chi connectivity index (χ2n) is 4.65. The number of rotatable bonds is 6. The molecule has 0 aliphatic rings. The number of methoxy groups -OCH3 is 2. The van der Waals surface area contributed by atoms with Crippen LogP contribution in [-0.4, -0.2) is 58.2 Å². The number of anilines is 2. The SMILES string of the molecule is COC(CN(C)C(=S)Nc1ccc(N(C)C)cc1)OC. The number of thiocarbonyl (C=S) groups is 1. The van der Waals surface area contributed by atoms with Crippen molar-refractivity contribution in [3.63, 3.8) is 0 Å². The average molecular weight is 297 g/mol. The van der Waals surface area contributed by atoms with E-state index in [2.05, 4.69) is 10.2 Å². The summed E-state index contributed by atoms with van der Waals surface area (Å²) in [7, 11) is 9.14. The molecular formula is C14H23N3O2S. The molecule has 6 heteroatoms. The first-order valence-electron chi connectivity index (χ1n) is 6.33. The summed E-state index contributed by atoms with van der Waals surface area (Å²) in [5.74, 6) is 0. The third kappa shape index (κ3) is 4.96. The first-order chi connectivity index (χ1) is 9.47. The van der Waals surface area contributed by atoms with Crippen LogP contribution in [0, 0.1) is 0 Å². The molecule has 0 spiro atoms. The van der Waals surface area contributed by atoms with Gasteiger partial charge in [0.05, 0.1) is 6.54 Å². The maximum Gasteiger partial charge on any atom is 0.174 e. The standard InChI is InChI=1S/C14H23N3O2S/c1-16(2)12-8-6-11(7-9-12)15-14(20)17(3)10-13(18-4)19-5/h6-9,13H,10H2,1-5H3,(H,15,20). The van der Waals surface area contributed by atoms with Crippen LogP contribution < -0.4 is 10.2 Å². The lowest BCUT2D eigenvalue weighted by atomic mass is 10.2. The van der Waals surface area contributed by atoms with E-state index in [0.29, 0.717) is 11.7 Å². The molecule has 0 aliphatic carbocycles. The molecule has 0 saturated carbocycles. The number of likely N-dealkylation sites (N-methyl/N-ethyl adjacent to an activating group) is 1. The fourth-order valence-electron chi connectivity index (χ4n) is 1.61.